The topological polar surface area (TPSA) is 108 Å². The van der Waals surface area contributed by atoms with Crippen LogP contribution in [0.2, 0.25) is 0 Å². The number of carbonyl (C=O) groups excluding carboxylic acids is 2. The van der Waals surface area contributed by atoms with Gasteiger partial charge in [-0.2, -0.15) is 0 Å². The summed E-state index contributed by atoms with van der Waals surface area (Å²) in [5, 5.41) is 14.2. The maximum absolute atomic E-state index is 14.0. The van der Waals surface area contributed by atoms with Crippen molar-refractivity contribution in [2.24, 2.45) is 0 Å². The van der Waals surface area contributed by atoms with Crippen LogP contribution in [0.25, 0.3) is 0 Å². The minimum Gasteiger partial charge on any atom is -0.378 e. The van der Waals surface area contributed by atoms with E-state index in [0.717, 1.165) is 5.69 Å². The van der Waals surface area contributed by atoms with Crippen LogP contribution in [0.5, 0.6) is 0 Å². The standard InChI is InChI=1S/C28H28FN5O5/c29-25-4-2-1-3-23(25)28(36)33-13-11-31(12-14-33)21-7-5-20(6-8-21)30-27(35)24-19-22(34(37)38)9-10-26(24)32-15-17-39-18-16-32/h1-10,19H,11-18H2,(H,30,35). The van der Waals surface area contributed by atoms with Gasteiger partial charge in [-0.05, 0) is 42.5 Å². The molecule has 0 radical (unpaired) electrons. The van der Waals surface area contributed by atoms with Crippen LogP contribution in [0.3, 0.4) is 0 Å². The molecule has 0 aromatic heterocycles. The molecule has 2 fully saturated rings. The summed E-state index contributed by atoms with van der Waals surface area (Å²) in [6.07, 6.45) is 0. The highest BCUT2D eigenvalue weighted by atomic mass is 19.1. The molecule has 2 amide bonds. The van der Waals surface area contributed by atoms with Crippen LogP contribution in [-0.2, 0) is 4.74 Å². The van der Waals surface area contributed by atoms with Gasteiger partial charge >= 0.3 is 0 Å². The molecule has 5 rings (SSSR count). The fourth-order valence-corrected chi connectivity index (χ4v) is 4.83. The molecule has 3 aromatic rings. The maximum Gasteiger partial charge on any atom is 0.270 e. The van der Waals surface area contributed by atoms with Gasteiger partial charge in [-0.1, -0.05) is 12.1 Å². The van der Waals surface area contributed by atoms with Crippen molar-refractivity contribution >= 4 is 34.6 Å². The zero-order valence-electron chi connectivity index (χ0n) is 21.2. The van der Waals surface area contributed by atoms with Crippen molar-refractivity contribution in [1.82, 2.24) is 4.90 Å². The van der Waals surface area contributed by atoms with Crippen LogP contribution in [0.15, 0.2) is 66.7 Å². The minimum atomic E-state index is -0.523. The Morgan fingerprint density at radius 1 is 0.846 bits per heavy atom. The molecule has 11 heteroatoms. The second kappa shape index (κ2) is 11.5. The number of nitro groups is 1. The number of hydrogen-bond acceptors (Lipinski definition) is 7. The van der Waals surface area contributed by atoms with Crippen LogP contribution in [0, 0.1) is 15.9 Å². The number of non-ortho nitro benzene ring substituents is 1. The van der Waals surface area contributed by atoms with Gasteiger partial charge in [-0.15, -0.1) is 0 Å². The van der Waals surface area contributed by atoms with E-state index in [9.17, 15) is 24.1 Å². The highest BCUT2D eigenvalue weighted by molar-refractivity contribution is 6.08. The van der Waals surface area contributed by atoms with Crippen LogP contribution in [0.1, 0.15) is 20.7 Å². The average Bonchev–Trinajstić information content (AvgIpc) is 2.97. The third-order valence-electron chi connectivity index (χ3n) is 6.95. The molecule has 202 valence electrons. The molecule has 0 bridgehead atoms. The van der Waals surface area contributed by atoms with Gasteiger partial charge in [0, 0.05) is 62.8 Å². The van der Waals surface area contributed by atoms with E-state index in [4.69, 9.17) is 4.74 Å². The molecule has 0 atom stereocenters. The SMILES string of the molecule is O=C(Nc1ccc(N2CCN(C(=O)c3ccccc3F)CC2)cc1)c1cc([N+](=O)[O-])ccc1N1CCOCC1. The molecular formula is C28H28FN5O5. The van der Waals surface area contributed by atoms with E-state index in [1.54, 1.807) is 35.2 Å². The zero-order chi connectivity index (χ0) is 27.4. The Bertz CT molecular complexity index is 1370. The first-order chi connectivity index (χ1) is 18.9. The number of rotatable bonds is 6. The third kappa shape index (κ3) is 5.83. The number of hydrogen-bond donors (Lipinski definition) is 1. The highest BCUT2D eigenvalue weighted by Crippen LogP contribution is 2.28. The van der Waals surface area contributed by atoms with Crippen molar-refractivity contribution in [2.75, 3.05) is 67.6 Å². The van der Waals surface area contributed by atoms with E-state index in [1.807, 2.05) is 17.0 Å². The van der Waals surface area contributed by atoms with Crippen LogP contribution < -0.4 is 15.1 Å². The molecule has 3 aromatic carbocycles. The lowest BCUT2D eigenvalue weighted by Crippen LogP contribution is -2.49. The Hall–Kier alpha value is -4.51. The largest absolute Gasteiger partial charge is 0.378 e. The van der Waals surface area contributed by atoms with Gasteiger partial charge in [-0.25, -0.2) is 4.39 Å². The van der Waals surface area contributed by atoms with Gasteiger partial charge in [0.2, 0.25) is 0 Å². The summed E-state index contributed by atoms with van der Waals surface area (Å²) in [5.41, 5.74) is 2.25. The summed E-state index contributed by atoms with van der Waals surface area (Å²) in [7, 11) is 0. The number of nitrogens with zero attached hydrogens (tertiary/aromatic N) is 4. The first-order valence-electron chi connectivity index (χ1n) is 12.7. The molecule has 39 heavy (non-hydrogen) atoms. The number of amides is 2. The number of nitro benzene ring substituents is 1. The number of halogens is 1. The molecular weight excluding hydrogens is 505 g/mol. The van der Waals surface area contributed by atoms with E-state index in [-0.39, 0.29) is 22.7 Å². The monoisotopic (exact) mass is 533 g/mol. The lowest BCUT2D eigenvalue weighted by molar-refractivity contribution is -0.384. The highest BCUT2D eigenvalue weighted by Gasteiger charge is 2.25. The van der Waals surface area contributed by atoms with Crippen LogP contribution >= 0.6 is 0 Å². The first kappa shape index (κ1) is 26.1. The lowest BCUT2D eigenvalue weighted by atomic mass is 10.1. The molecule has 0 spiro atoms. The molecule has 1 N–H and O–H groups in total. The molecule has 0 unspecified atom stereocenters. The molecule has 2 aliphatic heterocycles. The second-order valence-corrected chi connectivity index (χ2v) is 9.32. The molecule has 2 heterocycles. The molecule has 10 nitrogen and oxygen atoms in total. The van der Waals surface area contributed by atoms with Gasteiger partial charge < -0.3 is 24.8 Å². The van der Waals surface area contributed by atoms with Crippen molar-refractivity contribution in [3.05, 3.63) is 93.8 Å². The second-order valence-electron chi connectivity index (χ2n) is 9.32. The Morgan fingerprint density at radius 3 is 2.21 bits per heavy atom. The van der Waals surface area contributed by atoms with Crippen molar-refractivity contribution in [2.45, 2.75) is 0 Å². The number of anilines is 3. The third-order valence-corrected chi connectivity index (χ3v) is 6.95. The van der Waals surface area contributed by atoms with E-state index in [2.05, 4.69) is 10.2 Å². The summed E-state index contributed by atoms with van der Waals surface area (Å²) in [6, 6.07) is 17.6. The number of ether oxygens (including phenoxy) is 1. The fourth-order valence-electron chi connectivity index (χ4n) is 4.83. The molecule has 2 aliphatic rings. The van der Waals surface area contributed by atoms with E-state index in [0.29, 0.717) is 63.9 Å². The zero-order valence-corrected chi connectivity index (χ0v) is 21.2. The predicted octanol–water partition coefficient (Wildman–Crippen LogP) is 3.79. The van der Waals surface area contributed by atoms with Crippen molar-refractivity contribution in [3.8, 4) is 0 Å². The van der Waals surface area contributed by atoms with Gasteiger partial charge in [0.05, 0.1) is 35.0 Å². The number of piperazine rings is 1. The van der Waals surface area contributed by atoms with Gasteiger partial charge in [0.25, 0.3) is 17.5 Å². The van der Waals surface area contributed by atoms with Gasteiger partial charge in [0.1, 0.15) is 5.82 Å². The first-order valence-corrected chi connectivity index (χ1v) is 12.7. The van der Waals surface area contributed by atoms with Crippen molar-refractivity contribution in [1.29, 1.82) is 0 Å². The van der Waals surface area contributed by atoms with Gasteiger partial charge in [-0.3, -0.25) is 19.7 Å². The quantitative estimate of drug-likeness (QED) is 0.379. The molecule has 0 aliphatic carbocycles. The summed E-state index contributed by atoms with van der Waals surface area (Å²) in [6.45, 7) is 4.31. The maximum atomic E-state index is 14.0. The predicted molar refractivity (Wildman–Crippen MR) is 145 cm³/mol. The number of benzene rings is 3. The number of nitrogens with one attached hydrogen (secondary N) is 1. The smallest absolute Gasteiger partial charge is 0.270 e. The average molecular weight is 534 g/mol. The van der Waals surface area contributed by atoms with E-state index >= 15 is 0 Å². The van der Waals surface area contributed by atoms with E-state index in [1.165, 1.54) is 24.3 Å². The lowest BCUT2D eigenvalue weighted by Gasteiger charge is -2.36. The minimum absolute atomic E-state index is 0.0755. The van der Waals surface area contributed by atoms with Crippen LogP contribution in [-0.4, -0.2) is 74.1 Å². The Kier molecular flexibility index (Phi) is 7.69. The summed E-state index contributed by atoms with van der Waals surface area (Å²) >= 11 is 0. The Balaban J connectivity index is 1.24. The molecule has 0 saturated carbocycles. The normalized spacial score (nSPS) is 15.7. The summed E-state index contributed by atoms with van der Waals surface area (Å²) < 4.78 is 19.4. The number of carbonyl (C=O) groups is 2. The van der Waals surface area contributed by atoms with E-state index < -0.39 is 16.6 Å². The molecule has 2 saturated heterocycles. The van der Waals surface area contributed by atoms with Crippen LogP contribution in [0.4, 0.5) is 27.1 Å². The Morgan fingerprint density at radius 2 is 1.54 bits per heavy atom. The fraction of sp³-hybridized carbons (Fsp3) is 0.286. The Labute approximate surface area is 224 Å². The summed E-state index contributed by atoms with van der Waals surface area (Å²) in [4.78, 5) is 42.5. The van der Waals surface area contributed by atoms with Crippen molar-refractivity contribution < 1.29 is 23.6 Å². The van der Waals surface area contributed by atoms with Gasteiger partial charge in [0.15, 0.2) is 0 Å². The summed E-state index contributed by atoms with van der Waals surface area (Å²) in [5.74, 6) is -1.28. The number of morpholine rings is 1. The van der Waals surface area contributed by atoms with Crippen molar-refractivity contribution in [3.63, 3.8) is 0 Å².